The number of nitrogens with zero attached hydrogens (tertiary/aromatic N) is 5. The van der Waals surface area contributed by atoms with Crippen molar-refractivity contribution in [1.29, 1.82) is 0 Å². The molecule has 1 aliphatic rings. The van der Waals surface area contributed by atoms with Gasteiger partial charge in [0, 0.05) is 13.1 Å². The van der Waals surface area contributed by atoms with E-state index in [0.717, 1.165) is 21.7 Å². The van der Waals surface area contributed by atoms with Crippen LogP contribution in [0.3, 0.4) is 0 Å². The van der Waals surface area contributed by atoms with Crippen molar-refractivity contribution in [2.75, 3.05) is 26.3 Å². The zero-order valence-corrected chi connectivity index (χ0v) is 15.2. The van der Waals surface area contributed by atoms with Crippen molar-refractivity contribution in [3.05, 3.63) is 42.9 Å². The number of hydrogen-bond acceptors (Lipinski definition) is 6. The van der Waals surface area contributed by atoms with Gasteiger partial charge in [0.1, 0.15) is 11.4 Å². The SMILES string of the molecule is CC(Sc1ncnc2c1cnn2-c1ccccc1)C(=O)N1CCOCC1. The van der Waals surface area contributed by atoms with Crippen molar-refractivity contribution >= 4 is 28.7 Å². The van der Waals surface area contributed by atoms with E-state index in [2.05, 4.69) is 15.1 Å². The molecule has 8 heteroatoms. The zero-order valence-electron chi connectivity index (χ0n) is 14.4. The van der Waals surface area contributed by atoms with E-state index in [4.69, 9.17) is 4.74 Å². The van der Waals surface area contributed by atoms with E-state index in [1.165, 1.54) is 18.1 Å². The number of carbonyl (C=O) groups excluding carboxylic acids is 1. The number of amides is 1. The van der Waals surface area contributed by atoms with E-state index in [9.17, 15) is 4.79 Å². The first kappa shape index (κ1) is 17.0. The monoisotopic (exact) mass is 369 g/mol. The lowest BCUT2D eigenvalue weighted by Gasteiger charge is -2.28. The minimum atomic E-state index is -0.230. The maximum atomic E-state index is 12.7. The van der Waals surface area contributed by atoms with Crippen molar-refractivity contribution in [2.24, 2.45) is 0 Å². The van der Waals surface area contributed by atoms with Crippen molar-refractivity contribution in [3.8, 4) is 5.69 Å². The highest BCUT2D eigenvalue weighted by Gasteiger charge is 2.24. The molecular formula is C18H19N5O2S. The second kappa shape index (κ2) is 7.43. The van der Waals surface area contributed by atoms with E-state index in [1.54, 1.807) is 10.9 Å². The summed E-state index contributed by atoms with van der Waals surface area (Å²) in [5, 5.41) is 5.85. The molecule has 0 saturated carbocycles. The van der Waals surface area contributed by atoms with Crippen molar-refractivity contribution in [1.82, 2.24) is 24.6 Å². The molecule has 1 atom stereocenters. The Morgan fingerprint density at radius 1 is 1.19 bits per heavy atom. The van der Waals surface area contributed by atoms with Gasteiger partial charge in [-0.1, -0.05) is 30.0 Å². The van der Waals surface area contributed by atoms with Gasteiger partial charge in [-0.25, -0.2) is 14.6 Å². The van der Waals surface area contributed by atoms with Crippen LogP contribution in [0.25, 0.3) is 16.7 Å². The molecule has 1 saturated heterocycles. The first-order valence-corrected chi connectivity index (χ1v) is 9.39. The van der Waals surface area contributed by atoms with E-state index in [0.29, 0.717) is 26.3 Å². The van der Waals surface area contributed by atoms with Crippen LogP contribution in [0, 0.1) is 0 Å². The number of fused-ring (bicyclic) bond motifs is 1. The molecule has 1 aliphatic heterocycles. The Kier molecular flexibility index (Phi) is 4.85. The molecule has 7 nitrogen and oxygen atoms in total. The average molecular weight is 369 g/mol. The van der Waals surface area contributed by atoms with Crippen LogP contribution in [-0.2, 0) is 9.53 Å². The van der Waals surface area contributed by atoms with Gasteiger partial charge in [-0.05, 0) is 19.1 Å². The Balaban J connectivity index is 1.59. The van der Waals surface area contributed by atoms with E-state index in [-0.39, 0.29) is 11.2 Å². The normalized spacial score (nSPS) is 16.0. The molecule has 1 fully saturated rings. The van der Waals surface area contributed by atoms with E-state index < -0.39 is 0 Å². The summed E-state index contributed by atoms with van der Waals surface area (Å²) in [5.74, 6) is 0.112. The van der Waals surface area contributed by atoms with Gasteiger partial charge in [-0.2, -0.15) is 5.10 Å². The van der Waals surface area contributed by atoms with Gasteiger partial charge in [0.15, 0.2) is 5.65 Å². The molecule has 4 rings (SSSR count). The number of thioether (sulfide) groups is 1. The van der Waals surface area contributed by atoms with Gasteiger partial charge < -0.3 is 9.64 Å². The quantitative estimate of drug-likeness (QED) is 0.518. The lowest BCUT2D eigenvalue weighted by atomic mass is 10.3. The Labute approximate surface area is 155 Å². The summed E-state index contributed by atoms with van der Waals surface area (Å²) in [6.45, 7) is 4.41. The molecule has 0 spiro atoms. The highest BCUT2D eigenvalue weighted by molar-refractivity contribution is 8.00. The van der Waals surface area contributed by atoms with Crippen molar-refractivity contribution < 1.29 is 9.53 Å². The van der Waals surface area contributed by atoms with E-state index in [1.807, 2.05) is 42.2 Å². The first-order valence-electron chi connectivity index (χ1n) is 8.51. The molecule has 0 radical (unpaired) electrons. The molecule has 0 bridgehead atoms. The first-order chi connectivity index (χ1) is 12.7. The van der Waals surface area contributed by atoms with Gasteiger partial charge in [0.2, 0.25) is 5.91 Å². The van der Waals surface area contributed by atoms with Crippen LogP contribution in [0.2, 0.25) is 0 Å². The predicted octanol–water partition coefficient (Wildman–Crippen LogP) is 2.15. The Morgan fingerprint density at radius 3 is 2.73 bits per heavy atom. The van der Waals surface area contributed by atoms with Gasteiger partial charge in [0.25, 0.3) is 0 Å². The molecule has 0 aliphatic carbocycles. The minimum absolute atomic E-state index is 0.112. The average Bonchev–Trinajstić information content (AvgIpc) is 3.14. The Hall–Kier alpha value is -2.45. The number of hydrogen-bond donors (Lipinski definition) is 0. The number of benzene rings is 1. The molecule has 3 heterocycles. The summed E-state index contributed by atoms with van der Waals surface area (Å²) in [6.07, 6.45) is 3.29. The predicted molar refractivity (Wildman–Crippen MR) is 99.4 cm³/mol. The number of carbonyl (C=O) groups is 1. The maximum Gasteiger partial charge on any atom is 0.235 e. The minimum Gasteiger partial charge on any atom is -0.378 e. The highest BCUT2D eigenvalue weighted by atomic mass is 32.2. The molecule has 26 heavy (non-hydrogen) atoms. The fraction of sp³-hybridized carbons (Fsp3) is 0.333. The Bertz CT molecular complexity index is 908. The summed E-state index contributed by atoms with van der Waals surface area (Å²) >= 11 is 1.45. The molecule has 134 valence electrons. The maximum absolute atomic E-state index is 12.7. The van der Waals surface area contributed by atoms with Crippen LogP contribution in [0.15, 0.2) is 47.9 Å². The summed E-state index contributed by atoms with van der Waals surface area (Å²) in [5.41, 5.74) is 1.68. The highest BCUT2D eigenvalue weighted by Crippen LogP contribution is 2.29. The summed E-state index contributed by atoms with van der Waals surface area (Å²) < 4.78 is 7.11. The fourth-order valence-electron chi connectivity index (χ4n) is 2.93. The second-order valence-corrected chi connectivity index (χ2v) is 7.34. The van der Waals surface area contributed by atoms with Crippen LogP contribution >= 0.6 is 11.8 Å². The molecule has 0 N–H and O–H groups in total. The van der Waals surface area contributed by atoms with Gasteiger partial charge >= 0.3 is 0 Å². The number of ether oxygens (including phenoxy) is 1. The summed E-state index contributed by atoms with van der Waals surface area (Å²) in [6, 6.07) is 9.84. The van der Waals surface area contributed by atoms with Gasteiger partial charge in [-0.15, -0.1) is 0 Å². The lowest BCUT2D eigenvalue weighted by Crippen LogP contribution is -2.44. The summed E-state index contributed by atoms with van der Waals surface area (Å²) in [7, 11) is 0. The molecule has 1 unspecified atom stereocenters. The summed E-state index contributed by atoms with van der Waals surface area (Å²) in [4.78, 5) is 23.3. The van der Waals surface area contributed by atoms with Crippen LogP contribution in [-0.4, -0.2) is 62.1 Å². The Morgan fingerprint density at radius 2 is 1.96 bits per heavy atom. The third-order valence-electron chi connectivity index (χ3n) is 4.29. The third-order valence-corrected chi connectivity index (χ3v) is 5.39. The molecule has 1 aromatic carbocycles. The second-order valence-electron chi connectivity index (χ2n) is 6.01. The number of aromatic nitrogens is 4. The standard InChI is InChI=1S/C18H19N5O2S/c1-13(18(24)22-7-9-25-10-8-22)26-17-15-11-21-23(16(15)19-12-20-17)14-5-3-2-4-6-14/h2-6,11-13H,7-10H2,1H3. The van der Waals surface area contributed by atoms with Crippen molar-refractivity contribution in [3.63, 3.8) is 0 Å². The smallest absolute Gasteiger partial charge is 0.235 e. The van der Waals surface area contributed by atoms with Crippen LogP contribution in [0.1, 0.15) is 6.92 Å². The molecule has 1 amide bonds. The van der Waals surface area contributed by atoms with Crippen LogP contribution in [0.4, 0.5) is 0 Å². The number of rotatable bonds is 4. The third kappa shape index (κ3) is 3.30. The van der Waals surface area contributed by atoms with E-state index >= 15 is 0 Å². The van der Waals surface area contributed by atoms with Gasteiger partial charge in [0.05, 0.1) is 35.7 Å². The topological polar surface area (TPSA) is 73.1 Å². The molecular weight excluding hydrogens is 350 g/mol. The molecule has 3 aromatic rings. The lowest BCUT2D eigenvalue weighted by molar-refractivity contribution is -0.134. The van der Waals surface area contributed by atoms with Crippen LogP contribution in [0.5, 0.6) is 0 Å². The largest absolute Gasteiger partial charge is 0.378 e. The fourth-order valence-corrected chi connectivity index (χ4v) is 3.90. The van der Waals surface area contributed by atoms with Gasteiger partial charge in [-0.3, -0.25) is 4.79 Å². The van der Waals surface area contributed by atoms with Crippen LogP contribution < -0.4 is 0 Å². The molecule has 2 aromatic heterocycles. The number of para-hydroxylation sites is 1. The van der Waals surface area contributed by atoms with Crippen molar-refractivity contribution in [2.45, 2.75) is 17.2 Å². The zero-order chi connectivity index (χ0) is 17.9. The number of morpholine rings is 1.